The van der Waals surface area contributed by atoms with E-state index < -0.39 is 67.1 Å². The van der Waals surface area contributed by atoms with Crippen molar-refractivity contribution in [1.82, 2.24) is 15.0 Å². The van der Waals surface area contributed by atoms with Gasteiger partial charge >= 0.3 is 13.5 Å². The molecule has 230 valence electrons. The first kappa shape index (κ1) is 31.4. The fourth-order valence-corrected chi connectivity index (χ4v) is 6.32. The second-order valence-corrected chi connectivity index (χ2v) is 11.9. The molecular formula is C27H29ClN3O11P. The molecule has 1 aromatic heterocycles. The van der Waals surface area contributed by atoms with Crippen molar-refractivity contribution in [3.63, 3.8) is 0 Å². The Morgan fingerprint density at radius 2 is 1.91 bits per heavy atom. The molecule has 1 unspecified atom stereocenters. The fourth-order valence-electron chi connectivity index (χ4n) is 5.49. The number of H-pyrrole nitrogens is 1. The van der Waals surface area contributed by atoms with Crippen LogP contribution in [0.1, 0.15) is 29.8 Å². The van der Waals surface area contributed by atoms with Gasteiger partial charge in [0.1, 0.15) is 12.2 Å². The Bertz CT molecular complexity index is 1660. The minimum absolute atomic E-state index is 0.0394. The Morgan fingerprint density at radius 1 is 1.23 bits per heavy atom. The summed E-state index contributed by atoms with van der Waals surface area (Å²) in [5.74, 6) is -1.000. The van der Waals surface area contributed by atoms with Crippen molar-refractivity contribution >= 4 is 25.2 Å². The standard InChI is InChI=1S/C27H29ClN3O11P/c1-15-12-31(25(35)29-23(15)34)24-20-22(33)26(41-24,14-39-20)27(42-43(36,37)38,18-8-10-19(28)11-9-18)21(32)16(2)30-40-13-17-6-4-3-5-7-17/h3-12,16,20,22,24,30,33H,13-14H2,1-2H3,(H,29,34,35)(H2,36,37,38)/t16-,20+,22-,24+,26+,27?/m0/s1. The number of Topliss-reactive ketones (excluding diaryl/α,β-unsaturated/α-hetero) is 1. The van der Waals surface area contributed by atoms with E-state index in [0.29, 0.717) is 0 Å². The SMILES string of the molecule is Cc1cn([C@@H]2O[C@]3(C(OP(=O)(O)O)(C(=O)[C@H](C)NOCc4ccccc4)c4ccc(Cl)cc4)CO[C@@H]2[C@@H]3O)c(=O)[nH]c1=O. The van der Waals surface area contributed by atoms with Gasteiger partial charge in [-0.05, 0) is 37.1 Å². The monoisotopic (exact) mass is 637 g/mol. The average molecular weight is 638 g/mol. The predicted octanol–water partition coefficient (Wildman–Crippen LogP) is 1.21. The number of hydroxylamine groups is 1. The Hall–Kier alpha value is -3.01. The Balaban J connectivity index is 1.62. The number of carbonyl (C=O) groups is 1. The summed E-state index contributed by atoms with van der Waals surface area (Å²) in [4.78, 5) is 67.2. The number of halogens is 1. The number of aliphatic hydroxyl groups is 1. The second kappa shape index (κ2) is 11.8. The van der Waals surface area contributed by atoms with Crippen LogP contribution in [0.2, 0.25) is 5.02 Å². The van der Waals surface area contributed by atoms with Gasteiger partial charge in [0.25, 0.3) is 5.56 Å². The van der Waals surface area contributed by atoms with E-state index in [4.69, 9.17) is 30.4 Å². The van der Waals surface area contributed by atoms with E-state index in [-0.39, 0.29) is 22.8 Å². The first-order valence-corrected chi connectivity index (χ1v) is 15.0. The molecule has 2 saturated heterocycles. The van der Waals surface area contributed by atoms with E-state index in [2.05, 4.69) is 10.5 Å². The molecular weight excluding hydrogens is 609 g/mol. The summed E-state index contributed by atoms with van der Waals surface area (Å²) in [6.45, 7) is 2.28. The molecule has 0 radical (unpaired) electrons. The first-order chi connectivity index (χ1) is 20.3. The Labute approximate surface area is 249 Å². The molecule has 5 rings (SSSR count). The lowest BCUT2D eigenvalue weighted by Crippen LogP contribution is -2.66. The summed E-state index contributed by atoms with van der Waals surface area (Å²) in [6.07, 6.45) is -3.31. The molecule has 43 heavy (non-hydrogen) atoms. The average Bonchev–Trinajstić information content (AvgIpc) is 3.44. The molecule has 3 aromatic rings. The maximum Gasteiger partial charge on any atom is 0.471 e. The number of nitrogens with one attached hydrogen (secondary N) is 2. The molecule has 16 heteroatoms. The highest BCUT2D eigenvalue weighted by atomic mass is 35.5. The highest BCUT2D eigenvalue weighted by Crippen LogP contribution is 2.60. The van der Waals surface area contributed by atoms with Gasteiger partial charge in [0.05, 0.1) is 19.3 Å². The number of aromatic nitrogens is 2. The highest BCUT2D eigenvalue weighted by molar-refractivity contribution is 7.46. The molecule has 0 spiro atoms. The number of rotatable bonds is 11. The third-order valence-electron chi connectivity index (χ3n) is 7.50. The number of phosphoric acid groups is 1. The number of nitrogens with zero attached hydrogens (tertiary/aromatic N) is 1. The van der Waals surface area contributed by atoms with E-state index in [1.807, 2.05) is 6.07 Å². The maximum atomic E-state index is 14.5. The van der Waals surface area contributed by atoms with Crippen LogP contribution < -0.4 is 16.7 Å². The minimum atomic E-state index is -5.55. The number of hydrogen-bond donors (Lipinski definition) is 5. The van der Waals surface area contributed by atoms with E-state index in [0.717, 1.165) is 10.1 Å². The van der Waals surface area contributed by atoms with E-state index in [1.54, 1.807) is 24.3 Å². The van der Waals surface area contributed by atoms with Crippen LogP contribution in [0.25, 0.3) is 0 Å². The largest absolute Gasteiger partial charge is 0.471 e. The van der Waals surface area contributed by atoms with Crippen LogP contribution in [-0.4, -0.2) is 60.7 Å². The third kappa shape index (κ3) is 5.67. The molecule has 0 aliphatic carbocycles. The van der Waals surface area contributed by atoms with Crippen molar-refractivity contribution in [3.05, 3.63) is 103 Å². The van der Waals surface area contributed by atoms with Gasteiger partial charge in [-0.2, -0.15) is 5.48 Å². The normalized spacial score (nSPS) is 25.4. The van der Waals surface area contributed by atoms with Crippen LogP contribution in [0.3, 0.4) is 0 Å². The lowest BCUT2D eigenvalue weighted by Gasteiger charge is -2.47. The zero-order valence-electron chi connectivity index (χ0n) is 22.9. The molecule has 2 fully saturated rings. The van der Waals surface area contributed by atoms with Crippen LogP contribution >= 0.6 is 19.4 Å². The molecule has 5 N–H and O–H groups in total. The summed E-state index contributed by atoms with van der Waals surface area (Å²) < 4.78 is 31.0. The number of hydrogen-bond acceptors (Lipinski definition) is 10. The van der Waals surface area contributed by atoms with Gasteiger partial charge in [0.15, 0.2) is 23.2 Å². The van der Waals surface area contributed by atoms with Crippen LogP contribution in [0.15, 0.2) is 70.4 Å². The number of ketones is 1. The molecule has 2 aliphatic rings. The van der Waals surface area contributed by atoms with Gasteiger partial charge < -0.3 is 24.4 Å². The number of aromatic amines is 1. The van der Waals surface area contributed by atoms with Gasteiger partial charge in [-0.1, -0.05) is 54.1 Å². The second-order valence-electron chi connectivity index (χ2n) is 10.3. The Morgan fingerprint density at radius 3 is 2.56 bits per heavy atom. The number of carbonyl (C=O) groups excluding carboxylic acids is 1. The van der Waals surface area contributed by atoms with E-state index in [9.17, 15) is 33.8 Å². The van der Waals surface area contributed by atoms with Crippen LogP contribution in [0.4, 0.5) is 0 Å². The van der Waals surface area contributed by atoms with Crippen LogP contribution in [0, 0.1) is 6.92 Å². The zero-order valence-corrected chi connectivity index (χ0v) is 24.5. The molecule has 0 amide bonds. The molecule has 14 nitrogen and oxygen atoms in total. The van der Waals surface area contributed by atoms with E-state index >= 15 is 0 Å². The van der Waals surface area contributed by atoms with Crippen molar-refractivity contribution in [2.75, 3.05) is 6.61 Å². The van der Waals surface area contributed by atoms with Gasteiger partial charge in [0, 0.05) is 16.8 Å². The molecule has 3 heterocycles. The van der Waals surface area contributed by atoms with Gasteiger partial charge in [0.2, 0.25) is 0 Å². The van der Waals surface area contributed by atoms with Gasteiger partial charge in [-0.3, -0.25) is 28.5 Å². The Kier molecular flexibility index (Phi) is 8.64. The number of fused-ring (bicyclic) bond motifs is 2. The third-order valence-corrected chi connectivity index (χ3v) is 8.26. The quantitative estimate of drug-likeness (QED) is 0.149. The number of ether oxygens (including phenoxy) is 2. The van der Waals surface area contributed by atoms with Crippen LogP contribution in [-0.2, 0) is 40.4 Å². The zero-order chi connectivity index (χ0) is 31.2. The molecule has 2 aromatic carbocycles. The molecule has 6 atom stereocenters. The van der Waals surface area contributed by atoms with Crippen molar-refractivity contribution in [3.8, 4) is 0 Å². The fraction of sp³-hybridized carbons (Fsp3) is 0.370. The number of benzene rings is 2. The first-order valence-electron chi connectivity index (χ1n) is 13.1. The van der Waals surface area contributed by atoms with Crippen molar-refractivity contribution < 1.29 is 43.1 Å². The maximum absolute atomic E-state index is 14.5. The van der Waals surface area contributed by atoms with Crippen molar-refractivity contribution in [2.24, 2.45) is 0 Å². The van der Waals surface area contributed by atoms with Gasteiger partial charge in [-0.25, -0.2) is 9.36 Å². The lowest BCUT2D eigenvalue weighted by molar-refractivity contribution is -0.242. The van der Waals surface area contributed by atoms with Gasteiger partial charge in [-0.15, -0.1) is 0 Å². The summed E-state index contributed by atoms with van der Waals surface area (Å²) in [5, 5.41) is 11.9. The van der Waals surface area contributed by atoms with E-state index in [1.165, 1.54) is 44.3 Å². The topological polar surface area (TPSA) is 199 Å². The highest BCUT2D eigenvalue weighted by Gasteiger charge is 2.76. The van der Waals surface area contributed by atoms with Crippen molar-refractivity contribution in [2.45, 2.75) is 56.1 Å². The number of phosphoric ester groups is 1. The molecule has 2 aliphatic heterocycles. The number of aryl methyl sites for hydroxylation is 1. The summed E-state index contributed by atoms with van der Waals surface area (Å²) >= 11 is 6.09. The summed E-state index contributed by atoms with van der Waals surface area (Å²) in [5.41, 5.74) is -3.25. The summed E-state index contributed by atoms with van der Waals surface area (Å²) in [7, 11) is -5.55. The predicted molar refractivity (Wildman–Crippen MR) is 150 cm³/mol. The summed E-state index contributed by atoms with van der Waals surface area (Å²) in [6, 6.07) is 13.0. The molecule has 2 bridgehead atoms. The van der Waals surface area contributed by atoms with Crippen molar-refractivity contribution in [1.29, 1.82) is 0 Å². The lowest BCUT2D eigenvalue weighted by atomic mass is 9.71. The van der Waals surface area contributed by atoms with Crippen LogP contribution in [0.5, 0.6) is 0 Å². The smallest absolute Gasteiger partial charge is 0.387 e. The minimum Gasteiger partial charge on any atom is -0.387 e. The molecule has 0 saturated carbocycles. The number of aliphatic hydroxyl groups excluding tert-OH is 1.